The minimum absolute atomic E-state index is 0.00564. The zero-order valence-electron chi connectivity index (χ0n) is 23.0. The minimum Gasteiger partial charge on any atom is -0.445 e. The Morgan fingerprint density at radius 1 is 1.22 bits per heavy atom. The summed E-state index contributed by atoms with van der Waals surface area (Å²) in [6, 6.07) is 0.0352. The first-order valence-electron chi connectivity index (χ1n) is 13.5. The fraction of sp³-hybridized carbons (Fsp3) is 0.815. The summed E-state index contributed by atoms with van der Waals surface area (Å²) in [7, 11) is -2.01. The number of likely N-dealkylation sites (tertiary alicyclic amines) is 1. The summed E-state index contributed by atoms with van der Waals surface area (Å²) < 4.78 is 11.8. The number of β-lactam (4-membered cyclic amide) rings is 1. The third kappa shape index (κ3) is 6.56. The molecule has 2 heterocycles. The summed E-state index contributed by atoms with van der Waals surface area (Å²) in [5, 5.41) is 3.13. The average Bonchev–Trinajstić information content (AvgIpc) is 3.24. The maximum atomic E-state index is 13.5. The van der Waals surface area contributed by atoms with Gasteiger partial charge in [0.1, 0.15) is 12.4 Å². The van der Waals surface area contributed by atoms with Crippen molar-refractivity contribution in [3.05, 3.63) is 12.7 Å². The first-order chi connectivity index (χ1) is 16.9. The Kier molecular flexibility index (Phi) is 9.77. The van der Waals surface area contributed by atoms with E-state index in [4.69, 9.17) is 9.16 Å². The van der Waals surface area contributed by atoms with E-state index in [0.29, 0.717) is 0 Å². The van der Waals surface area contributed by atoms with Crippen LogP contribution in [-0.4, -0.2) is 73.8 Å². The van der Waals surface area contributed by atoms with Crippen molar-refractivity contribution >= 4 is 37.9 Å². The largest absolute Gasteiger partial charge is 0.445 e. The van der Waals surface area contributed by atoms with Gasteiger partial charge in [0.15, 0.2) is 8.32 Å². The topological polar surface area (TPSA) is 84.9 Å². The highest BCUT2D eigenvalue weighted by molar-refractivity contribution is 7.99. The molecule has 2 amide bonds. The van der Waals surface area contributed by atoms with Crippen LogP contribution in [0.3, 0.4) is 0 Å². The molecule has 3 aliphatic rings. The van der Waals surface area contributed by atoms with E-state index in [1.165, 1.54) is 0 Å². The molecule has 7 nitrogen and oxygen atoms in total. The number of Topliss-reactive ketones (excluding diaryl/α,β-unsaturated/α-hetero) is 1. The van der Waals surface area contributed by atoms with Crippen molar-refractivity contribution in [3.63, 3.8) is 0 Å². The number of carbonyl (C=O) groups is 3. The molecule has 1 aliphatic carbocycles. The molecule has 3 fully saturated rings. The Morgan fingerprint density at radius 2 is 1.94 bits per heavy atom. The fourth-order valence-electron chi connectivity index (χ4n) is 5.49. The molecule has 3 rings (SSSR count). The van der Waals surface area contributed by atoms with Gasteiger partial charge in [-0.25, -0.2) is 4.79 Å². The van der Waals surface area contributed by atoms with Gasteiger partial charge in [0.25, 0.3) is 0 Å². The molecule has 0 bridgehead atoms. The Morgan fingerprint density at radius 3 is 2.58 bits per heavy atom. The normalized spacial score (nSPS) is 29.9. The van der Waals surface area contributed by atoms with Gasteiger partial charge >= 0.3 is 6.09 Å². The lowest BCUT2D eigenvalue weighted by Gasteiger charge is -2.48. The van der Waals surface area contributed by atoms with Crippen LogP contribution in [0.25, 0.3) is 0 Å². The number of nitrogens with zero attached hydrogens (tertiary/aromatic N) is 1. The SMILES string of the molecule is C=CCOC(=O)N1CCC[C@H]1CSC[C@@H]1CCC[C@H]([C@H]2NC(=O)[C@@H]2[C@@H](C)O[Si](C)(C)C(C)(C)C)C1=O. The van der Waals surface area contributed by atoms with Crippen LogP contribution in [0.1, 0.15) is 59.8 Å². The van der Waals surface area contributed by atoms with Crippen molar-refractivity contribution in [3.8, 4) is 0 Å². The van der Waals surface area contributed by atoms with Gasteiger partial charge in [-0.3, -0.25) is 9.59 Å². The number of carbonyl (C=O) groups excluding carboxylic acids is 3. The van der Waals surface area contributed by atoms with E-state index in [1.807, 2.05) is 11.8 Å². The second kappa shape index (κ2) is 12.0. The van der Waals surface area contributed by atoms with E-state index in [0.717, 1.165) is 50.2 Å². The predicted octanol–water partition coefficient (Wildman–Crippen LogP) is 5.02. The third-order valence-electron chi connectivity index (χ3n) is 8.63. The van der Waals surface area contributed by atoms with Crippen molar-refractivity contribution in [2.75, 3.05) is 24.7 Å². The molecule has 6 atom stereocenters. The Labute approximate surface area is 222 Å². The highest BCUT2D eigenvalue weighted by atomic mass is 32.2. The molecule has 36 heavy (non-hydrogen) atoms. The zero-order chi connectivity index (χ0) is 26.7. The van der Waals surface area contributed by atoms with Crippen LogP contribution in [0.5, 0.6) is 0 Å². The lowest BCUT2D eigenvalue weighted by atomic mass is 9.69. The predicted molar refractivity (Wildman–Crippen MR) is 148 cm³/mol. The summed E-state index contributed by atoms with van der Waals surface area (Å²) in [4.78, 5) is 40.2. The van der Waals surface area contributed by atoms with Crippen LogP contribution in [0, 0.1) is 17.8 Å². The molecule has 9 heteroatoms. The molecule has 0 spiro atoms. The van der Waals surface area contributed by atoms with Crippen LogP contribution in [0.4, 0.5) is 4.79 Å². The standard InChI is InChI=1S/C27H46N2O5SSi/c1-8-15-33-26(32)29-14-10-12-20(29)17-35-16-19-11-9-13-21(24(19)30)23-22(25(31)28-23)18(2)34-36(6,7)27(3,4)5/h8,18-23H,1,9-17H2,2-7H3,(H,28,31)/t18-,19+,20+,21-,22-,23-/m1/s1. The van der Waals surface area contributed by atoms with Gasteiger partial charge < -0.3 is 19.4 Å². The average molecular weight is 539 g/mol. The van der Waals surface area contributed by atoms with Crippen molar-refractivity contribution in [1.82, 2.24) is 10.2 Å². The first-order valence-corrected chi connectivity index (χ1v) is 17.6. The van der Waals surface area contributed by atoms with Crippen LogP contribution < -0.4 is 5.32 Å². The van der Waals surface area contributed by atoms with Gasteiger partial charge in [-0.05, 0) is 50.7 Å². The van der Waals surface area contributed by atoms with Crippen LogP contribution in [0.2, 0.25) is 18.1 Å². The van der Waals surface area contributed by atoms with Gasteiger partial charge in [-0.1, -0.05) is 39.8 Å². The molecule has 2 aliphatic heterocycles. The summed E-state index contributed by atoms with van der Waals surface area (Å²) in [6.45, 7) is 17.6. The number of hydrogen-bond donors (Lipinski definition) is 1. The van der Waals surface area contributed by atoms with Gasteiger partial charge in [-0.15, -0.1) is 0 Å². The Balaban J connectivity index is 1.54. The molecule has 2 saturated heterocycles. The maximum absolute atomic E-state index is 13.5. The molecule has 1 saturated carbocycles. The first kappa shape index (κ1) is 29.2. The Hall–Kier alpha value is -1.32. The van der Waals surface area contributed by atoms with E-state index in [1.54, 1.807) is 17.8 Å². The molecule has 0 unspecified atom stereocenters. The van der Waals surface area contributed by atoms with Crippen molar-refractivity contribution < 1.29 is 23.5 Å². The van der Waals surface area contributed by atoms with Gasteiger partial charge in [0, 0.05) is 35.9 Å². The summed E-state index contributed by atoms with van der Waals surface area (Å²) in [5.41, 5.74) is 0. The molecular weight excluding hydrogens is 492 g/mol. The number of ether oxygens (including phenoxy) is 1. The molecule has 0 aromatic rings. The smallest absolute Gasteiger partial charge is 0.410 e. The van der Waals surface area contributed by atoms with Crippen LogP contribution in [0.15, 0.2) is 12.7 Å². The fourth-order valence-corrected chi connectivity index (χ4v) is 8.29. The van der Waals surface area contributed by atoms with E-state index >= 15 is 0 Å². The number of rotatable bonds is 10. The second-order valence-electron chi connectivity index (χ2n) is 12.2. The quantitative estimate of drug-likeness (QED) is 0.239. The number of nitrogens with one attached hydrogen (secondary N) is 1. The highest BCUT2D eigenvalue weighted by Crippen LogP contribution is 2.41. The number of amides is 2. The van der Waals surface area contributed by atoms with E-state index in [2.05, 4.69) is 45.8 Å². The zero-order valence-corrected chi connectivity index (χ0v) is 24.8. The monoisotopic (exact) mass is 538 g/mol. The second-order valence-corrected chi connectivity index (χ2v) is 18.0. The van der Waals surface area contributed by atoms with Crippen LogP contribution >= 0.6 is 11.8 Å². The van der Waals surface area contributed by atoms with Crippen molar-refractivity contribution in [1.29, 1.82) is 0 Å². The molecule has 204 valence electrons. The number of ketones is 1. The third-order valence-corrected chi connectivity index (χ3v) is 14.5. The lowest BCUT2D eigenvalue weighted by molar-refractivity contribution is -0.146. The van der Waals surface area contributed by atoms with Crippen molar-refractivity contribution in [2.24, 2.45) is 17.8 Å². The van der Waals surface area contributed by atoms with Gasteiger partial charge in [0.05, 0.1) is 18.1 Å². The number of hydrogen-bond acceptors (Lipinski definition) is 6. The molecule has 0 radical (unpaired) electrons. The Bertz CT molecular complexity index is 829. The summed E-state index contributed by atoms with van der Waals surface area (Å²) in [6.07, 6.45) is 5.81. The molecule has 0 aromatic heterocycles. The number of thioether (sulfide) groups is 1. The van der Waals surface area contributed by atoms with E-state index in [-0.39, 0.29) is 65.4 Å². The van der Waals surface area contributed by atoms with Gasteiger partial charge in [-0.2, -0.15) is 11.8 Å². The summed E-state index contributed by atoms with van der Waals surface area (Å²) in [5.74, 6) is 1.51. The van der Waals surface area contributed by atoms with Crippen molar-refractivity contribution in [2.45, 2.75) is 96.1 Å². The lowest BCUT2D eigenvalue weighted by Crippen LogP contribution is -2.67. The molecule has 0 aromatic carbocycles. The van der Waals surface area contributed by atoms with Crippen LogP contribution in [-0.2, 0) is 18.8 Å². The minimum atomic E-state index is -2.01. The van der Waals surface area contributed by atoms with Gasteiger partial charge in [0.2, 0.25) is 5.91 Å². The highest BCUT2D eigenvalue weighted by Gasteiger charge is 2.52. The van der Waals surface area contributed by atoms with E-state index < -0.39 is 8.32 Å². The maximum Gasteiger partial charge on any atom is 0.410 e. The summed E-state index contributed by atoms with van der Waals surface area (Å²) >= 11 is 1.77. The molecular formula is C27H46N2O5SSi. The van der Waals surface area contributed by atoms with E-state index in [9.17, 15) is 14.4 Å². The molecule has 1 N–H and O–H groups in total.